The van der Waals surface area contributed by atoms with Gasteiger partial charge in [0.1, 0.15) is 17.3 Å². The van der Waals surface area contributed by atoms with Gasteiger partial charge in [0, 0.05) is 42.1 Å². The molecule has 2 aromatic heterocycles. The van der Waals surface area contributed by atoms with E-state index in [0.29, 0.717) is 17.7 Å². The molecule has 3 N–H and O–H groups in total. The molecule has 1 unspecified atom stereocenters. The summed E-state index contributed by atoms with van der Waals surface area (Å²) in [5, 5.41) is 44.8. The molecule has 4 aromatic rings. The Balaban J connectivity index is 1.53. The quantitative estimate of drug-likeness (QED) is 0.158. The van der Waals surface area contributed by atoms with Gasteiger partial charge in [-0.2, -0.15) is 0 Å². The second-order valence-electron chi connectivity index (χ2n) is 9.51. The Morgan fingerprint density at radius 1 is 0.818 bits per heavy atom. The predicted octanol–water partition coefficient (Wildman–Crippen LogP) is 4.76. The summed E-state index contributed by atoms with van der Waals surface area (Å²) in [5.41, 5.74) is -0.569. The number of aromatic nitrogens is 3. The number of nitrogens with zero attached hydrogens (tertiary/aromatic N) is 6. The van der Waals surface area contributed by atoms with Gasteiger partial charge < -0.3 is 15.5 Å². The highest BCUT2D eigenvalue weighted by molar-refractivity contribution is 6.01. The van der Waals surface area contributed by atoms with Gasteiger partial charge in [-0.25, -0.2) is 19.6 Å². The summed E-state index contributed by atoms with van der Waals surface area (Å²) in [5.74, 6) is -2.50. The van der Waals surface area contributed by atoms with E-state index in [1.54, 1.807) is 18.4 Å². The smallest absolute Gasteiger partial charge is 0.340 e. The van der Waals surface area contributed by atoms with Crippen molar-refractivity contribution in [1.29, 1.82) is 0 Å². The minimum Gasteiger partial charge on any atom is -0.478 e. The summed E-state index contributed by atoms with van der Waals surface area (Å²) in [4.78, 5) is 62.7. The number of hydrogen-bond donors (Lipinski definition) is 3. The van der Waals surface area contributed by atoms with Crippen LogP contribution in [0.4, 0.5) is 17.3 Å². The lowest BCUT2D eigenvalue weighted by Crippen LogP contribution is -2.25. The van der Waals surface area contributed by atoms with Crippen molar-refractivity contribution in [2.45, 2.75) is 12.0 Å². The van der Waals surface area contributed by atoms with Crippen LogP contribution in [0.25, 0.3) is 22.5 Å². The highest BCUT2D eigenvalue weighted by Gasteiger charge is 2.32. The van der Waals surface area contributed by atoms with E-state index in [1.807, 2.05) is 0 Å². The second-order valence-corrected chi connectivity index (χ2v) is 9.51. The molecule has 2 aromatic carbocycles. The number of allylic oxidation sites excluding steroid dienone is 1. The van der Waals surface area contributed by atoms with Crippen molar-refractivity contribution in [3.05, 3.63) is 116 Å². The average molecular weight is 596 g/mol. The third-order valence-electron chi connectivity index (χ3n) is 6.83. The monoisotopic (exact) mass is 595 g/mol. The van der Waals surface area contributed by atoms with Crippen LogP contribution in [0.2, 0.25) is 0 Å². The van der Waals surface area contributed by atoms with Gasteiger partial charge in [0.05, 0.1) is 32.5 Å². The Labute approximate surface area is 247 Å². The largest absolute Gasteiger partial charge is 0.478 e. The van der Waals surface area contributed by atoms with Crippen LogP contribution in [0.1, 0.15) is 32.8 Å². The Morgan fingerprint density at radius 2 is 1.41 bits per heavy atom. The third kappa shape index (κ3) is 5.82. The number of rotatable bonds is 11. The summed E-state index contributed by atoms with van der Waals surface area (Å²) in [7, 11) is 0. The van der Waals surface area contributed by atoms with E-state index in [0.717, 1.165) is 6.20 Å². The van der Waals surface area contributed by atoms with Crippen molar-refractivity contribution in [1.82, 2.24) is 15.0 Å². The van der Waals surface area contributed by atoms with Gasteiger partial charge in [0.2, 0.25) is 5.95 Å². The molecule has 0 aliphatic carbocycles. The van der Waals surface area contributed by atoms with E-state index < -0.39 is 27.3 Å². The van der Waals surface area contributed by atoms with Crippen molar-refractivity contribution in [3.8, 4) is 22.5 Å². The third-order valence-corrected chi connectivity index (χ3v) is 6.83. The van der Waals surface area contributed by atoms with Crippen molar-refractivity contribution in [3.63, 3.8) is 0 Å². The number of carboxylic acids is 2. The van der Waals surface area contributed by atoms with Crippen molar-refractivity contribution < 1.29 is 29.6 Å². The molecule has 0 saturated carbocycles. The summed E-state index contributed by atoms with van der Waals surface area (Å²) in [6.07, 6.45) is 6.58. The van der Waals surface area contributed by atoms with E-state index in [-0.39, 0.29) is 51.9 Å². The fourth-order valence-electron chi connectivity index (χ4n) is 4.64. The lowest BCUT2D eigenvalue weighted by atomic mass is 9.92. The fourth-order valence-corrected chi connectivity index (χ4v) is 4.64. The molecule has 0 spiro atoms. The number of nitrogens with one attached hydrogen (secondary N) is 1. The second kappa shape index (κ2) is 11.8. The number of aliphatic imine (C=N–C) groups is 1. The molecule has 1 aliphatic rings. The van der Waals surface area contributed by atoms with Crippen LogP contribution in [0.3, 0.4) is 0 Å². The first-order valence-corrected chi connectivity index (χ1v) is 12.9. The van der Waals surface area contributed by atoms with Crippen molar-refractivity contribution in [2.24, 2.45) is 4.99 Å². The zero-order valence-electron chi connectivity index (χ0n) is 22.5. The predicted molar refractivity (Wildman–Crippen MR) is 157 cm³/mol. The summed E-state index contributed by atoms with van der Waals surface area (Å²) < 4.78 is 0. The first kappa shape index (κ1) is 29.1. The number of nitro groups is 2. The maximum atomic E-state index is 12.5. The zero-order valence-corrected chi connectivity index (χ0v) is 22.5. The molecular weight excluding hydrogens is 574 g/mol. The van der Waals surface area contributed by atoms with Gasteiger partial charge in [-0.15, -0.1) is 0 Å². The van der Waals surface area contributed by atoms with Crippen LogP contribution in [0.5, 0.6) is 0 Å². The van der Waals surface area contributed by atoms with Gasteiger partial charge in [-0.3, -0.25) is 30.2 Å². The van der Waals surface area contributed by atoms with Crippen LogP contribution in [-0.4, -0.2) is 59.7 Å². The Kier molecular flexibility index (Phi) is 7.84. The fraction of sp³-hybridized carbons (Fsp3) is 0.103. The molecule has 15 nitrogen and oxygen atoms in total. The van der Waals surface area contributed by atoms with Crippen LogP contribution in [-0.2, 0) is 5.54 Å². The number of anilines is 1. The molecule has 220 valence electrons. The van der Waals surface area contributed by atoms with E-state index in [4.69, 9.17) is 0 Å². The Bertz CT molecular complexity index is 1750. The molecule has 1 atom stereocenters. The highest BCUT2D eigenvalue weighted by Crippen LogP contribution is 2.35. The first-order chi connectivity index (χ1) is 21.1. The molecule has 44 heavy (non-hydrogen) atoms. The summed E-state index contributed by atoms with van der Waals surface area (Å²) >= 11 is 0. The van der Waals surface area contributed by atoms with Gasteiger partial charge in [0.15, 0.2) is 0 Å². The Hall–Kier alpha value is -6.38. The molecule has 0 saturated heterocycles. The maximum absolute atomic E-state index is 12.5. The number of carboxylic acid groups (broad SMARTS) is 2. The zero-order chi connectivity index (χ0) is 31.4. The topological polar surface area (TPSA) is 224 Å². The lowest BCUT2D eigenvalue weighted by Gasteiger charge is -2.24. The van der Waals surface area contributed by atoms with Gasteiger partial charge in [-0.05, 0) is 48.9 Å². The maximum Gasteiger partial charge on any atom is 0.340 e. The number of non-ortho nitro benzene ring substituents is 1. The lowest BCUT2D eigenvalue weighted by molar-refractivity contribution is -0.385. The minimum atomic E-state index is -1.36. The Morgan fingerprint density at radius 3 is 1.89 bits per heavy atom. The van der Waals surface area contributed by atoms with Crippen molar-refractivity contribution in [2.75, 3.05) is 11.9 Å². The molecule has 0 amide bonds. The van der Waals surface area contributed by atoms with Crippen LogP contribution < -0.4 is 5.32 Å². The van der Waals surface area contributed by atoms with Gasteiger partial charge in [-0.1, -0.05) is 12.1 Å². The molecule has 0 bridgehead atoms. The standard InChI is InChI=1S/C29H21N7O8/c37-26(38)19-4-2-17(3-5-19)24-23(27(39)40)25(18-6-8-20(9-7-18)35(41)42)34-28(33-24)30-15-13-29(12-1-14-32-29)22-11-10-21(16-31-22)36(43)44/h1-12,14,16H,13,15H2,(H,37,38)(H,39,40)(H,30,33,34). The normalized spacial score (nSPS) is 15.2. The van der Waals surface area contributed by atoms with Crippen LogP contribution in [0, 0.1) is 20.2 Å². The molecule has 0 radical (unpaired) electrons. The van der Waals surface area contributed by atoms with E-state index in [1.165, 1.54) is 60.7 Å². The molecule has 0 fully saturated rings. The van der Waals surface area contributed by atoms with Gasteiger partial charge in [0.25, 0.3) is 11.4 Å². The number of pyridine rings is 1. The summed E-state index contributed by atoms with van der Waals surface area (Å²) in [6, 6.07) is 13.5. The number of benzene rings is 2. The average Bonchev–Trinajstić information content (AvgIpc) is 3.50. The molecular formula is C29H21N7O8. The van der Waals surface area contributed by atoms with Gasteiger partial charge >= 0.3 is 11.9 Å². The summed E-state index contributed by atoms with van der Waals surface area (Å²) in [6.45, 7) is 0.198. The number of carbonyl (C=O) groups is 2. The van der Waals surface area contributed by atoms with E-state index in [2.05, 4.69) is 25.3 Å². The minimum absolute atomic E-state index is 0.00850. The van der Waals surface area contributed by atoms with E-state index >= 15 is 0 Å². The molecule has 3 heterocycles. The van der Waals surface area contributed by atoms with Crippen LogP contribution in [0.15, 0.2) is 84.0 Å². The molecule has 5 rings (SSSR count). The van der Waals surface area contributed by atoms with E-state index in [9.17, 15) is 40.0 Å². The SMILES string of the molecule is O=C(O)c1ccc(-c2nc(NCCC3(c4ccc([N+](=O)[O-])cn4)C=CC=N3)nc(-c3ccc([N+](=O)[O-])cc3)c2C(=O)O)cc1. The van der Waals surface area contributed by atoms with Crippen molar-refractivity contribution >= 4 is 35.5 Å². The van der Waals surface area contributed by atoms with Crippen LogP contribution >= 0.6 is 0 Å². The highest BCUT2D eigenvalue weighted by atomic mass is 16.6. The number of hydrogen-bond acceptors (Lipinski definition) is 11. The first-order valence-electron chi connectivity index (χ1n) is 12.9. The molecule has 1 aliphatic heterocycles. The molecule has 15 heteroatoms. The number of aromatic carboxylic acids is 2. The number of nitro benzene ring substituents is 1.